The Morgan fingerprint density at radius 3 is 2.44 bits per heavy atom. The van der Waals surface area contributed by atoms with E-state index in [-0.39, 0.29) is 11.4 Å². The van der Waals surface area contributed by atoms with E-state index in [1.807, 2.05) is 0 Å². The Hall–Kier alpha value is -3.32. The van der Waals surface area contributed by atoms with Crippen molar-refractivity contribution in [3.63, 3.8) is 0 Å². The SMILES string of the molecule is O=C(C[C@H]1C(=O)Nc2ccccc2N1C(=O)/C=C/c1ccc(Cl)cc1)Nc1ccc(Cl)c(Cl)c1. The number of amides is 3. The van der Waals surface area contributed by atoms with Gasteiger partial charge < -0.3 is 10.6 Å². The number of benzene rings is 3. The zero-order valence-corrected chi connectivity index (χ0v) is 19.9. The van der Waals surface area contributed by atoms with E-state index in [4.69, 9.17) is 34.8 Å². The molecule has 0 unspecified atom stereocenters. The van der Waals surface area contributed by atoms with Crippen molar-refractivity contribution >= 4 is 75.7 Å². The smallest absolute Gasteiger partial charge is 0.251 e. The Labute approximate surface area is 211 Å². The number of nitrogens with zero attached hydrogens (tertiary/aromatic N) is 1. The molecule has 3 amide bonds. The number of hydrogen-bond donors (Lipinski definition) is 2. The molecule has 4 rings (SSSR count). The van der Waals surface area contributed by atoms with Gasteiger partial charge in [0.15, 0.2) is 0 Å². The fourth-order valence-corrected chi connectivity index (χ4v) is 3.95. The number of hydrogen-bond acceptors (Lipinski definition) is 3. The molecule has 0 saturated carbocycles. The third-order valence-electron chi connectivity index (χ3n) is 5.14. The van der Waals surface area contributed by atoms with E-state index in [0.717, 1.165) is 5.56 Å². The molecule has 3 aromatic rings. The summed E-state index contributed by atoms with van der Waals surface area (Å²) in [6.07, 6.45) is 2.73. The van der Waals surface area contributed by atoms with E-state index >= 15 is 0 Å². The minimum atomic E-state index is -1.06. The average molecular weight is 515 g/mol. The van der Waals surface area contributed by atoms with Gasteiger partial charge in [-0.15, -0.1) is 0 Å². The standard InChI is InChI=1S/C25H18Cl3N3O3/c26-16-8-5-15(6-9-16)7-12-24(33)31-21-4-2-1-3-20(21)30-25(34)22(31)14-23(32)29-17-10-11-18(27)19(28)13-17/h1-13,22H,14H2,(H,29,32)(H,30,34)/b12-7+/t22-/m0/s1. The highest BCUT2D eigenvalue weighted by molar-refractivity contribution is 6.42. The van der Waals surface area contributed by atoms with Gasteiger partial charge in [0.05, 0.1) is 27.8 Å². The monoisotopic (exact) mass is 513 g/mol. The van der Waals surface area contributed by atoms with Crippen LogP contribution < -0.4 is 15.5 Å². The van der Waals surface area contributed by atoms with Crippen molar-refractivity contribution in [2.24, 2.45) is 0 Å². The molecule has 1 heterocycles. The second kappa shape index (κ2) is 10.3. The number of para-hydroxylation sites is 2. The van der Waals surface area contributed by atoms with Crippen LogP contribution in [0.5, 0.6) is 0 Å². The molecule has 9 heteroatoms. The average Bonchev–Trinajstić information content (AvgIpc) is 2.81. The molecule has 0 bridgehead atoms. The van der Waals surface area contributed by atoms with Crippen LogP contribution in [0.25, 0.3) is 6.08 Å². The third kappa shape index (κ3) is 5.42. The molecule has 0 aromatic heterocycles. The van der Waals surface area contributed by atoms with Gasteiger partial charge in [0.25, 0.3) is 5.91 Å². The minimum Gasteiger partial charge on any atom is -0.326 e. The van der Waals surface area contributed by atoms with E-state index in [1.165, 1.54) is 17.0 Å². The van der Waals surface area contributed by atoms with E-state index in [9.17, 15) is 14.4 Å². The number of carbonyl (C=O) groups excluding carboxylic acids is 3. The zero-order chi connectivity index (χ0) is 24.2. The first-order valence-corrected chi connectivity index (χ1v) is 11.4. The molecule has 1 atom stereocenters. The summed E-state index contributed by atoms with van der Waals surface area (Å²) in [5.74, 6) is -1.36. The summed E-state index contributed by atoms with van der Waals surface area (Å²) in [5, 5.41) is 6.69. The topological polar surface area (TPSA) is 78.5 Å². The lowest BCUT2D eigenvalue weighted by Crippen LogP contribution is -2.52. The molecule has 6 nitrogen and oxygen atoms in total. The molecule has 0 aliphatic carbocycles. The summed E-state index contributed by atoms with van der Waals surface area (Å²) in [7, 11) is 0. The summed E-state index contributed by atoms with van der Waals surface area (Å²) in [4.78, 5) is 40.3. The van der Waals surface area contributed by atoms with E-state index in [2.05, 4.69) is 10.6 Å². The third-order valence-corrected chi connectivity index (χ3v) is 6.13. The van der Waals surface area contributed by atoms with Gasteiger partial charge >= 0.3 is 0 Å². The van der Waals surface area contributed by atoms with Crippen LogP contribution in [0.3, 0.4) is 0 Å². The fraction of sp³-hybridized carbons (Fsp3) is 0.0800. The van der Waals surface area contributed by atoms with E-state index in [0.29, 0.717) is 27.1 Å². The highest BCUT2D eigenvalue weighted by atomic mass is 35.5. The van der Waals surface area contributed by atoms with Crippen molar-refractivity contribution in [1.82, 2.24) is 0 Å². The Balaban J connectivity index is 1.59. The zero-order valence-electron chi connectivity index (χ0n) is 17.6. The molecule has 0 radical (unpaired) electrons. The first-order chi connectivity index (χ1) is 16.3. The molecule has 0 spiro atoms. The van der Waals surface area contributed by atoms with Crippen molar-refractivity contribution in [3.8, 4) is 0 Å². The van der Waals surface area contributed by atoms with Crippen LogP contribution in [0.2, 0.25) is 15.1 Å². The maximum absolute atomic E-state index is 13.2. The minimum absolute atomic E-state index is 0.263. The van der Waals surface area contributed by atoms with Gasteiger partial charge in [0, 0.05) is 16.8 Å². The van der Waals surface area contributed by atoms with Crippen molar-refractivity contribution < 1.29 is 14.4 Å². The molecular weight excluding hydrogens is 497 g/mol. The van der Waals surface area contributed by atoms with Crippen molar-refractivity contribution in [2.75, 3.05) is 15.5 Å². The second-order valence-electron chi connectivity index (χ2n) is 7.50. The van der Waals surface area contributed by atoms with Crippen LogP contribution >= 0.6 is 34.8 Å². The van der Waals surface area contributed by atoms with Gasteiger partial charge in [0.1, 0.15) is 6.04 Å². The first kappa shape index (κ1) is 23.8. The summed E-state index contributed by atoms with van der Waals surface area (Å²) in [6, 6.07) is 17.5. The quantitative estimate of drug-likeness (QED) is 0.407. The predicted octanol–water partition coefficient (Wildman–Crippen LogP) is 6.04. The van der Waals surface area contributed by atoms with Crippen molar-refractivity contribution in [3.05, 3.63) is 93.4 Å². The first-order valence-electron chi connectivity index (χ1n) is 10.2. The maximum Gasteiger partial charge on any atom is 0.251 e. The summed E-state index contributed by atoms with van der Waals surface area (Å²) < 4.78 is 0. The Kier molecular flexibility index (Phi) is 7.22. The normalized spacial score (nSPS) is 15.1. The van der Waals surface area contributed by atoms with E-state index < -0.39 is 23.8 Å². The molecule has 0 saturated heterocycles. The molecular formula is C25H18Cl3N3O3. The van der Waals surface area contributed by atoms with Crippen LogP contribution in [0.1, 0.15) is 12.0 Å². The van der Waals surface area contributed by atoms with Crippen LogP contribution in [-0.4, -0.2) is 23.8 Å². The number of carbonyl (C=O) groups is 3. The molecule has 3 aromatic carbocycles. The lowest BCUT2D eigenvalue weighted by Gasteiger charge is -2.35. The fourth-order valence-electron chi connectivity index (χ4n) is 3.53. The Morgan fingerprint density at radius 2 is 1.71 bits per heavy atom. The van der Waals surface area contributed by atoms with Crippen molar-refractivity contribution in [2.45, 2.75) is 12.5 Å². The van der Waals surface area contributed by atoms with E-state index in [1.54, 1.807) is 66.7 Å². The van der Waals surface area contributed by atoms with Gasteiger partial charge in [-0.05, 0) is 54.1 Å². The summed E-state index contributed by atoms with van der Waals surface area (Å²) in [5.41, 5.74) is 2.18. The van der Waals surface area contributed by atoms with Gasteiger partial charge in [0.2, 0.25) is 11.8 Å². The molecule has 172 valence electrons. The number of halogens is 3. The summed E-state index contributed by atoms with van der Waals surface area (Å²) >= 11 is 17.8. The highest BCUT2D eigenvalue weighted by Gasteiger charge is 2.37. The number of rotatable bonds is 5. The van der Waals surface area contributed by atoms with Gasteiger partial charge in [-0.25, -0.2) is 0 Å². The predicted molar refractivity (Wildman–Crippen MR) is 137 cm³/mol. The number of fused-ring (bicyclic) bond motifs is 1. The Bertz CT molecular complexity index is 1290. The van der Waals surface area contributed by atoms with Gasteiger partial charge in [-0.2, -0.15) is 0 Å². The van der Waals surface area contributed by atoms with Crippen LogP contribution in [-0.2, 0) is 14.4 Å². The maximum atomic E-state index is 13.2. The lowest BCUT2D eigenvalue weighted by atomic mass is 10.0. The second-order valence-corrected chi connectivity index (χ2v) is 8.75. The van der Waals surface area contributed by atoms with Crippen LogP contribution in [0.15, 0.2) is 72.8 Å². The molecule has 1 aliphatic heterocycles. The number of nitrogens with one attached hydrogen (secondary N) is 2. The molecule has 2 N–H and O–H groups in total. The van der Waals surface area contributed by atoms with Gasteiger partial charge in [-0.3, -0.25) is 19.3 Å². The largest absolute Gasteiger partial charge is 0.326 e. The van der Waals surface area contributed by atoms with Crippen molar-refractivity contribution in [1.29, 1.82) is 0 Å². The summed E-state index contributed by atoms with van der Waals surface area (Å²) in [6.45, 7) is 0. The van der Waals surface area contributed by atoms with Gasteiger partial charge in [-0.1, -0.05) is 59.1 Å². The molecule has 34 heavy (non-hydrogen) atoms. The molecule has 1 aliphatic rings. The van der Waals surface area contributed by atoms with Crippen LogP contribution in [0, 0.1) is 0 Å². The highest BCUT2D eigenvalue weighted by Crippen LogP contribution is 2.33. The van der Waals surface area contributed by atoms with Crippen LogP contribution in [0.4, 0.5) is 17.1 Å². The number of anilines is 3. The molecule has 0 fully saturated rings. The lowest BCUT2D eigenvalue weighted by molar-refractivity contribution is -0.124. The Morgan fingerprint density at radius 1 is 0.971 bits per heavy atom.